The molecule has 9 heavy (non-hydrogen) atoms. The van der Waals surface area contributed by atoms with Crippen LogP contribution >= 0.6 is 0 Å². The zero-order valence-electron chi connectivity index (χ0n) is 5.81. The number of rotatable bonds is 2. The third-order valence-electron chi connectivity index (χ3n) is 2.44. The van der Waals surface area contributed by atoms with Gasteiger partial charge in [0.1, 0.15) is 0 Å². The monoisotopic (exact) mass is 127 g/mol. The maximum atomic E-state index is 10.2. The molecule has 2 heteroatoms. The van der Waals surface area contributed by atoms with Crippen molar-refractivity contribution >= 4 is 5.97 Å². The third-order valence-corrected chi connectivity index (χ3v) is 2.44. The molecule has 0 heterocycles. The second kappa shape index (κ2) is 1.72. The maximum Gasteiger partial charge on any atom is 0.359 e. The minimum absolute atomic E-state index is 0.0683. The Morgan fingerprint density at radius 1 is 1.78 bits per heavy atom. The fourth-order valence-electron chi connectivity index (χ4n) is 1.17. The summed E-state index contributed by atoms with van der Waals surface area (Å²) < 4.78 is 0. The van der Waals surface area contributed by atoms with Crippen LogP contribution < -0.4 is 0 Å². The Morgan fingerprint density at radius 2 is 2.33 bits per heavy atom. The van der Waals surface area contributed by atoms with Gasteiger partial charge < -0.3 is 0 Å². The van der Waals surface area contributed by atoms with Crippen LogP contribution in [0.25, 0.3) is 0 Å². The Kier molecular flexibility index (Phi) is 1.26. The standard InChI is InChI=1S/C7H11O2/c1-3-7(2)4-5(7)6(8)9/h5H,3-4H2,1-2H3. The van der Waals surface area contributed by atoms with E-state index in [1.54, 1.807) is 0 Å². The Morgan fingerprint density at radius 3 is 2.44 bits per heavy atom. The van der Waals surface area contributed by atoms with E-state index < -0.39 is 5.97 Å². The average Bonchev–Trinajstić information content (AvgIpc) is 2.44. The van der Waals surface area contributed by atoms with Crippen LogP contribution in [0.15, 0.2) is 0 Å². The summed E-state index contributed by atoms with van der Waals surface area (Å²) in [5, 5.41) is 10.2. The SMILES string of the molecule is CCC1(C)CC1C([O])=O. The highest BCUT2D eigenvalue weighted by Gasteiger charge is 2.54. The lowest BCUT2D eigenvalue weighted by molar-refractivity contribution is -0.145. The van der Waals surface area contributed by atoms with Crippen molar-refractivity contribution in [3.05, 3.63) is 0 Å². The molecular weight excluding hydrogens is 116 g/mol. The van der Waals surface area contributed by atoms with Gasteiger partial charge >= 0.3 is 5.97 Å². The smallest absolute Gasteiger partial charge is 0.247 e. The Bertz CT molecular complexity index is 142. The van der Waals surface area contributed by atoms with Gasteiger partial charge in [-0.1, -0.05) is 13.8 Å². The molecule has 2 nitrogen and oxygen atoms in total. The van der Waals surface area contributed by atoms with Crippen LogP contribution in [0.1, 0.15) is 26.7 Å². The lowest BCUT2D eigenvalue weighted by Gasteiger charge is -2.00. The molecule has 1 rings (SSSR count). The summed E-state index contributed by atoms with van der Waals surface area (Å²) in [6.45, 7) is 4.01. The first-order valence-electron chi connectivity index (χ1n) is 3.31. The molecule has 2 atom stereocenters. The zero-order chi connectivity index (χ0) is 7.07. The van der Waals surface area contributed by atoms with Gasteiger partial charge in [-0.05, 0) is 18.3 Å². The van der Waals surface area contributed by atoms with Crippen molar-refractivity contribution in [3.8, 4) is 0 Å². The van der Waals surface area contributed by atoms with Gasteiger partial charge in [-0.3, -0.25) is 0 Å². The zero-order valence-corrected chi connectivity index (χ0v) is 5.81. The molecule has 0 bridgehead atoms. The largest absolute Gasteiger partial charge is 0.359 e. The first-order chi connectivity index (χ1) is 4.10. The fourth-order valence-corrected chi connectivity index (χ4v) is 1.17. The first-order valence-corrected chi connectivity index (χ1v) is 3.31. The van der Waals surface area contributed by atoms with Gasteiger partial charge in [-0.15, -0.1) is 0 Å². The quantitative estimate of drug-likeness (QED) is 0.552. The van der Waals surface area contributed by atoms with Gasteiger partial charge in [0.2, 0.25) is 0 Å². The molecule has 0 N–H and O–H groups in total. The molecule has 1 aliphatic rings. The van der Waals surface area contributed by atoms with Crippen LogP contribution in [-0.4, -0.2) is 5.97 Å². The minimum Gasteiger partial charge on any atom is -0.247 e. The van der Waals surface area contributed by atoms with E-state index in [2.05, 4.69) is 0 Å². The number of carbonyl (C=O) groups is 1. The fraction of sp³-hybridized carbons (Fsp3) is 0.857. The van der Waals surface area contributed by atoms with E-state index in [1.165, 1.54) is 0 Å². The second-order valence-corrected chi connectivity index (χ2v) is 3.08. The highest BCUT2D eigenvalue weighted by Crippen LogP contribution is 2.54. The number of hydrogen-bond acceptors (Lipinski definition) is 1. The van der Waals surface area contributed by atoms with E-state index >= 15 is 0 Å². The van der Waals surface area contributed by atoms with Gasteiger partial charge in [0.05, 0.1) is 5.92 Å². The van der Waals surface area contributed by atoms with Crippen molar-refractivity contribution in [1.82, 2.24) is 0 Å². The number of hydrogen-bond donors (Lipinski definition) is 0. The molecule has 0 aromatic heterocycles. The molecule has 0 aliphatic heterocycles. The van der Waals surface area contributed by atoms with Crippen molar-refractivity contribution in [2.75, 3.05) is 0 Å². The van der Waals surface area contributed by atoms with E-state index in [4.69, 9.17) is 0 Å². The van der Waals surface area contributed by atoms with E-state index in [1.807, 2.05) is 13.8 Å². The van der Waals surface area contributed by atoms with Crippen molar-refractivity contribution in [3.63, 3.8) is 0 Å². The van der Waals surface area contributed by atoms with E-state index in [0.29, 0.717) is 0 Å². The van der Waals surface area contributed by atoms with Crippen LogP contribution in [0.4, 0.5) is 0 Å². The lowest BCUT2D eigenvalue weighted by atomic mass is 10.0. The summed E-state index contributed by atoms with van der Waals surface area (Å²) >= 11 is 0. The van der Waals surface area contributed by atoms with Crippen LogP contribution in [0, 0.1) is 11.3 Å². The molecule has 51 valence electrons. The van der Waals surface area contributed by atoms with Crippen molar-refractivity contribution in [1.29, 1.82) is 0 Å². The molecule has 0 aromatic rings. The molecule has 1 fully saturated rings. The average molecular weight is 127 g/mol. The van der Waals surface area contributed by atoms with Crippen LogP contribution in [0.3, 0.4) is 0 Å². The minimum atomic E-state index is -0.876. The normalized spacial score (nSPS) is 40.4. The summed E-state index contributed by atoms with van der Waals surface area (Å²) in [5.74, 6) is -1.04. The van der Waals surface area contributed by atoms with E-state index in [9.17, 15) is 9.90 Å². The second-order valence-electron chi connectivity index (χ2n) is 3.08. The molecule has 0 amide bonds. The van der Waals surface area contributed by atoms with Gasteiger partial charge in [-0.25, -0.2) is 9.90 Å². The van der Waals surface area contributed by atoms with Crippen molar-refractivity contribution in [2.24, 2.45) is 11.3 Å². The molecule has 2 unspecified atom stereocenters. The third kappa shape index (κ3) is 0.934. The Labute approximate surface area is 54.9 Å². The lowest BCUT2D eigenvalue weighted by Crippen LogP contribution is -2.03. The van der Waals surface area contributed by atoms with Crippen LogP contribution in [0.2, 0.25) is 0 Å². The summed E-state index contributed by atoms with van der Waals surface area (Å²) in [4.78, 5) is 10.2. The molecule has 1 radical (unpaired) electrons. The molecule has 0 saturated heterocycles. The molecule has 1 saturated carbocycles. The summed E-state index contributed by atoms with van der Waals surface area (Å²) in [5.41, 5.74) is 0.0683. The highest BCUT2D eigenvalue weighted by molar-refractivity contribution is 5.74. The Hall–Kier alpha value is -0.530. The highest BCUT2D eigenvalue weighted by atomic mass is 16.4. The van der Waals surface area contributed by atoms with Crippen LogP contribution in [0.5, 0.6) is 0 Å². The van der Waals surface area contributed by atoms with Gasteiger partial charge in [0, 0.05) is 0 Å². The number of carbonyl (C=O) groups excluding carboxylic acids is 1. The van der Waals surface area contributed by atoms with E-state index in [-0.39, 0.29) is 11.3 Å². The molecule has 0 spiro atoms. The maximum absolute atomic E-state index is 10.2. The van der Waals surface area contributed by atoms with Crippen LogP contribution in [-0.2, 0) is 9.90 Å². The van der Waals surface area contributed by atoms with Crippen molar-refractivity contribution in [2.45, 2.75) is 26.7 Å². The predicted octanol–water partition coefficient (Wildman–Crippen LogP) is 1.38. The summed E-state index contributed by atoms with van der Waals surface area (Å²) in [7, 11) is 0. The summed E-state index contributed by atoms with van der Waals surface area (Å²) in [6.07, 6.45) is 1.76. The predicted molar refractivity (Wildman–Crippen MR) is 32.2 cm³/mol. The van der Waals surface area contributed by atoms with Gasteiger partial charge in [0.25, 0.3) is 0 Å². The van der Waals surface area contributed by atoms with Gasteiger partial charge in [0.15, 0.2) is 0 Å². The topological polar surface area (TPSA) is 37.0 Å². The van der Waals surface area contributed by atoms with Crippen molar-refractivity contribution < 1.29 is 9.90 Å². The Balaban J connectivity index is 2.48. The molecule has 0 aromatic carbocycles. The first kappa shape index (κ1) is 6.59. The summed E-state index contributed by atoms with van der Waals surface area (Å²) in [6, 6.07) is 0. The van der Waals surface area contributed by atoms with Gasteiger partial charge in [-0.2, -0.15) is 0 Å². The molecular formula is C7H11O2. The molecule has 1 aliphatic carbocycles. The van der Waals surface area contributed by atoms with E-state index in [0.717, 1.165) is 12.8 Å².